The molecule has 1 aromatic heterocycles. The quantitative estimate of drug-likeness (QED) is 0.813. The summed E-state index contributed by atoms with van der Waals surface area (Å²) >= 11 is 1.26. The van der Waals surface area contributed by atoms with Gasteiger partial charge in [0.05, 0.1) is 17.6 Å². The molecule has 0 spiro atoms. The molecule has 0 saturated carbocycles. The third-order valence-corrected chi connectivity index (χ3v) is 4.95. The van der Waals surface area contributed by atoms with Gasteiger partial charge in [-0.3, -0.25) is 4.79 Å². The van der Waals surface area contributed by atoms with Crippen LogP contribution in [0.1, 0.15) is 35.5 Å². The zero-order chi connectivity index (χ0) is 17.0. The molecular formula is C17H22FNO3S. The van der Waals surface area contributed by atoms with Gasteiger partial charge in [-0.1, -0.05) is 19.9 Å². The highest BCUT2D eigenvalue weighted by Gasteiger charge is 2.20. The molecule has 1 unspecified atom stereocenters. The number of thiophene rings is 1. The van der Waals surface area contributed by atoms with Crippen LogP contribution in [0.4, 0.5) is 4.39 Å². The monoisotopic (exact) mass is 339 g/mol. The van der Waals surface area contributed by atoms with E-state index in [1.807, 2.05) is 13.8 Å². The Morgan fingerprint density at radius 1 is 1.43 bits per heavy atom. The highest BCUT2D eigenvalue weighted by atomic mass is 32.1. The van der Waals surface area contributed by atoms with Crippen molar-refractivity contribution in [1.29, 1.82) is 0 Å². The van der Waals surface area contributed by atoms with Gasteiger partial charge in [-0.15, -0.1) is 11.3 Å². The number of carbonyl (C=O) groups is 1. The maximum absolute atomic E-state index is 14.1. The smallest absolute Gasteiger partial charge is 0.261 e. The number of hydrogen-bond acceptors (Lipinski definition) is 4. The average molecular weight is 339 g/mol. The zero-order valence-electron chi connectivity index (χ0n) is 13.6. The van der Waals surface area contributed by atoms with Gasteiger partial charge in [-0.2, -0.15) is 0 Å². The molecule has 1 aromatic carbocycles. The summed E-state index contributed by atoms with van der Waals surface area (Å²) in [6, 6.07) is 4.81. The van der Waals surface area contributed by atoms with Crippen molar-refractivity contribution in [1.82, 2.24) is 5.32 Å². The highest BCUT2D eigenvalue weighted by Crippen LogP contribution is 2.33. The second-order valence-electron chi connectivity index (χ2n) is 5.81. The Bertz CT molecular complexity index is 684. The average Bonchev–Trinajstić information content (AvgIpc) is 2.87. The number of halogens is 1. The molecule has 0 bridgehead atoms. The lowest BCUT2D eigenvalue weighted by Gasteiger charge is -2.14. The van der Waals surface area contributed by atoms with Gasteiger partial charge < -0.3 is 15.2 Å². The Morgan fingerprint density at radius 3 is 2.83 bits per heavy atom. The molecule has 2 N–H and O–H groups in total. The van der Waals surface area contributed by atoms with Crippen LogP contribution in [0.5, 0.6) is 0 Å². The van der Waals surface area contributed by atoms with Crippen LogP contribution in [0, 0.1) is 11.7 Å². The molecule has 0 fully saturated rings. The number of fused-ring (bicyclic) bond motifs is 1. The summed E-state index contributed by atoms with van der Waals surface area (Å²) in [4.78, 5) is 12.9. The van der Waals surface area contributed by atoms with Crippen LogP contribution in [0.2, 0.25) is 0 Å². The molecule has 1 heterocycles. The minimum Gasteiger partial charge on any atom is -0.393 e. The van der Waals surface area contributed by atoms with Crippen LogP contribution in [-0.4, -0.2) is 30.8 Å². The summed E-state index contributed by atoms with van der Waals surface area (Å²) in [7, 11) is 1.52. The summed E-state index contributed by atoms with van der Waals surface area (Å²) in [5, 5.41) is 13.0. The fourth-order valence-electron chi connectivity index (χ4n) is 2.38. The van der Waals surface area contributed by atoms with E-state index in [2.05, 4.69) is 5.32 Å². The van der Waals surface area contributed by atoms with Crippen LogP contribution in [0.25, 0.3) is 10.1 Å². The van der Waals surface area contributed by atoms with Gasteiger partial charge in [0.15, 0.2) is 0 Å². The van der Waals surface area contributed by atoms with Crippen molar-refractivity contribution in [3.8, 4) is 0 Å². The van der Waals surface area contributed by atoms with E-state index in [0.29, 0.717) is 28.8 Å². The van der Waals surface area contributed by atoms with Crippen LogP contribution in [-0.2, 0) is 11.3 Å². The van der Waals surface area contributed by atoms with E-state index in [-0.39, 0.29) is 24.2 Å². The molecule has 1 amide bonds. The first kappa shape index (κ1) is 17.8. The lowest BCUT2D eigenvalue weighted by Crippen LogP contribution is -2.28. The molecule has 0 aliphatic rings. The van der Waals surface area contributed by atoms with E-state index >= 15 is 0 Å². The van der Waals surface area contributed by atoms with E-state index in [0.717, 1.165) is 4.70 Å². The molecule has 0 aliphatic carbocycles. The normalized spacial score (nSPS) is 12.8. The SMILES string of the molecule is COCc1c(C(=O)NCCC(O)C(C)C)sc2cccc(F)c12. The van der Waals surface area contributed by atoms with Crippen molar-refractivity contribution in [2.75, 3.05) is 13.7 Å². The standard InChI is InChI=1S/C17H22FNO3S/c1-10(2)13(20)7-8-19-17(21)16-11(9-22-3)15-12(18)5-4-6-14(15)23-16/h4-6,10,13,20H,7-9H2,1-3H3,(H,19,21). The van der Waals surface area contributed by atoms with Crippen LogP contribution >= 0.6 is 11.3 Å². The molecule has 0 radical (unpaired) electrons. The lowest BCUT2D eigenvalue weighted by molar-refractivity contribution is 0.0920. The molecule has 2 rings (SSSR count). The van der Waals surface area contributed by atoms with Crippen molar-refractivity contribution in [2.45, 2.75) is 33.0 Å². The fourth-order valence-corrected chi connectivity index (χ4v) is 3.52. The lowest BCUT2D eigenvalue weighted by atomic mass is 10.0. The third kappa shape index (κ3) is 4.07. The van der Waals surface area contributed by atoms with Gasteiger partial charge in [0.2, 0.25) is 0 Å². The molecule has 0 aliphatic heterocycles. The highest BCUT2D eigenvalue weighted by molar-refractivity contribution is 7.21. The fraction of sp³-hybridized carbons (Fsp3) is 0.471. The Kier molecular flexibility index (Phi) is 6.10. The largest absolute Gasteiger partial charge is 0.393 e. The van der Waals surface area contributed by atoms with Gasteiger partial charge in [0.1, 0.15) is 5.82 Å². The summed E-state index contributed by atoms with van der Waals surface area (Å²) in [5.74, 6) is -0.455. The van der Waals surface area contributed by atoms with E-state index in [1.54, 1.807) is 12.1 Å². The second kappa shape index (κ2) is 7.86. The summed E-state index contributed by atoms with van der Waals surface area (Å²) in [5.41, 5.74) is 0.576. The van der Waals surface area contributed by atoms with Gasteiger partial charge in [0, 0.05) is 29.3 Å². The number of benzene rings is 1. The van der Waals surface area contributed by atoms with E-state index in [4.69, 9.17) is 4.74 Å². The predicted octanol–water partition coefficient (Wildman–Crippen LogP) is 3.32. The van der Waals surface area contributed by atoms with Gasteiger partial charge in [-0.25, -0.2) is 4.39 Å². The maximum Gasteiger partial charge on any atom is 0.261 e. The molecule has 23 heavy (non-hydrogen) atoms. The van der Waals surface area contributed by atoms with Crippen molar-refractivity contribution in [3.63, 3.8) is 0 Å². The number of carbonyl (C=O) groups excluding carboxylic acids is 1. The first-order chi connectivity index (χ1) is 11.0. The van der Waals surface area contributed by atoms with Crippen LogP contribution in [0.15, 0.2) is 18.2 Å². The Hall–Kier alpha value is -1.50. The summed E-state index contributed by atoms with van der Waals surface area (Å²) in [6.45, 7) is 4.41. The van der Waals surface area contributed by atoms with Gasteiger partial charge >= 0.3 is 0 Å². The number of ether oxygens (including phenoxy) is 1. The van der Waals surface area contributed by atoms with Crippen molar-refractivity contribution < 1.29 is 19.0 Å². The number of methoxy groups -OCH3 is 1. The van der Waals surface area contributed by atoms with Crippen LogP contribution in [0.3, 0.4) is 0 Å². The summed E-state index contributed by atoms with van der Waals surface area (Å²) in [6.07, 6.45) is 0.0380. The molecule has 1 atom stereocenters. The second-order valence-corrected chi connectivity index (χ2v) is 6.86. The first-order valence-electron chi connectivity index (χ1n) is 7.60. The third-order valence-electron chi connectivity index (χ3n) is 3.75. The number of amides is 1. The Balaban J connectivity index is 2.19. The molecule has 0 saturated heterocycles. The molecular weight excluding hydrogens is 317 g/mol. The van der Waals surface area contributed by atoms with E-state index in [1.165, 1.54) is 24.5 Å². The number of rotatable bonds is 7. The maximum atomic E-state index is 14.1. The molecule has 126 valence electrons. The van der Waals surface area contributed by atoms with E-state index in [9.17, 15) is 14.3 Å². The van der Waals surface area contributed by atoms with E-state index < -0.39 is 6.10 Å². The van der Waals surface area contributed by atoms with Crippen LogP contribution < -0.4 is 5.32 Å². The molecule has 4 nitrogen and oxygen atoms in total. The topological polar surface area (TPSA) is 58.6 Å². The number of aliphatic hydroxyl groups is 1. The predicted molar refractivity (Wildman–Crippen MR) is 90.3 cm³/mol. The zero-order valence-corrected chi connectivity index (χ0v) is 14.4. The Morgan fingerprint density at radius 2 is 2.17 bits per heavy atom. The summed E-state index contributed by atoms with van der Waals surface area (Å²) < 4.78 is 19.9. The van der Waals surface area contributed by atoms with Crippen molar-refractivity contribution in [3.05, 3.63) is 34.5 Å². The van der Waals surface area contributed by atoms with Crippen molar-refractivity contribution in [2.24, 2.45) is 5.92 Å². The van der Waals surface area contributed by atoms with Crippen molar-refractivity contribution >= 4 is 27.3 Å². The number of nitrogens with one attached hydrogen (secondary N) is 1. The minimum absolute atomic E-state index is 0.148. The number of hydrogen-bond donors (Lipinski definition) is 2. The molecule has 6 heteroatoms. The molecule has 2 aromatic rings. The number of aliphatic hydroxyl groups excluding tert-OH is 1. The van der Waals surface area contributed by atoms with Gasteiger partial charge in [0.25, 0.3) is 5.91 Å². The minimum atomic E-state index is -0.450. The first-order valence-corrected chi connectivity index (χ1v) is 8.42. The Labute approximate surface area is 139 Å². The van der Waals surface area contributed by atoms with Gasteiger partial charge in [-0.05, 0) is 24.5 Å².